The Hall–Kier alpha value is -2.63. The lowest BCUT2D eigenvalue weighted by Gasteiger charge is -2.18. The number of rotatable bonds is 59. The standard InChI is InChI=1S/C67H122O6/c1-4-7-10-13-16-19-22-25-28-31-34-37-39-42-45-48-51-54-57-60-66(69)72-63-64(73-67(70)61-58-55-52-49-46-43-40-36-33-30-27-24-21-18-15-12-9-6-3)62-71-65(68)59-56-53-50-47-44-41-38-35-32-29-26-23-20-17-14-11-8-5-2/h24,27,30,33,35-36,38,40,64H,4-23,25-26,28-29,31-32,34,37,39,41-63H2,1-3H3/b27-24-,33-30-,38-35-,40-36-. The molecule has 0 heterocycles. The van der Waals surface area contributed by atoms with Crippen LogP contribution < -0.4 is 0 Å². The summed E-state index contributed by atoms with van der Waals surface area (Å²) in [5.41, 5.74) is 0. The van der Waals surface area contributed by atoms with Crippen LogP contribution >= 0.6 is 0 Å². The van der Waals surface area contributed by atoms with Gasteiger partial charge in [-0.25, -0.2) is 0 Å². The van der Waals surface area contributed by atoms with Crippen LogP contribution in [0.15, 0.2) is 48.6 Å². The van der Waals surface area contributed by atoms with Gasteiger partial charge >= 0.3 is 17.9 Å². The number of ether oxygens (including phenoxy) is 3. The molecule has 0 N–H and O–H groups in total. The monoisotopic (exact) mass is 1020 g/mol. The van der Waals surface area contributed by atoms with Crippen molar-refractivity contribution in [3.8, 4) is 0 Å². The second-order valence-electron chi connectivity index (χ2n) is 21.7. The van der Waals surface area contributed by atoms with E-state index in [4.69, 9.17) is 14.2 Å². The van der Waals surface area contributed by atoms with Crippen molar-refractivity contribution in [3.05, 3.63) is 48.6 Å². The maximum absolute atomic E-state index is 12.9. The molecule has 73 heavy (non-hydrogen) atoms. The molecule has 0 amide bonds. The van der Waals surface area contributed by atoms with Crippen LogP contribution in [0.25, 0.3) is 0 Å². The summed E-state index contributed by atoms with van der Waals surface area (Å²) >= 11 is 0. The summed E-state index contributed by atoms with van der Waals surface area (Å²) in [6, 6.07) is 0. The average Bonchev–Trinajstić information content (AvgIpc) is 3.39. The van der Waals surface area contributed by atoms with Gasteiger partial charge in [-0.15, -0.1) is 0 Å². The molecular weight excluding hydrogens is 901 g/mol. The lowest BCUT2D eigenvalue weighted by Crippen LogP contribution is -2.30. The zero-order valence-corrected chi connectivity index (χ0v) is 48.9. The Labute approximate surface area is 454 Å². The molecule has 1 atom stereocenters. The van der Waals surface area contributed by atoms with Gasteiger partial charge in [0.2, 0.25) is 0 Å². The summed E-state index contributed by atoms with van der Waals surface area (Å²) in [7, 11) is 0. The van der Waals surface area contributed by atoms with Crippen LogP contribution in [0.5, 0.6) is 0 Å². The van der Waals surface area contributed by atoms with Crippen molar-refractivity contribution in [2.75, 3.05) is 13.2 Å². The smallest absolute Gasteiger partial charge is 0.306 e. The molecule has 0 aromatic heterocycles. The summed E-state index contributed by atoms with van der Waals surface area (Å²) in [5, 5.41) is 0. The summed E-state index contributed by atoms with van der Waals surface area (Å²) in [5.74, 6) is -0.888. The Bertz CT molecular complexity index is 1270. The Morgan fingerprint density at radius 2 is 0.507 bits per heavy atom. The van der Waals surface area contributed by atoms with Gasteiger partial charge in [0.15, 0.2) is 6.10 Å². The van der Waals surface area contributed by atoms with Crippen molar-refractivity contribution in [2.24, 2.45) is 0 Å². The van der Waals surface area contributed by atoms with Crippen LogP contribution in [0.4, 0.5) is 0 Å². The molecule has 6 nitrogen and oxygen atoms in total. The summed E-state index contributed by atoms with van der Waals surface area (Å²) < 4.78 is 16.9. The number of carbonyl (C=O) groups excluding carboxylic acids is 3. The van der Waals surface area contributed by atoms with Crippen molar-refractivity contribution in [1.29, 1.82) is 0 Å². The fourth-order valence-corrected chi connectivity index (χ4v) is 9.50. The maximum atomic E-state index is 12.9. The lowest BCUT2D eigenvalue weighted by molar-refractivity contribution is -0.167. The van der Waals surface area contributed by atoms with Gasteiger partial charge in [0.25, 0.3) is 0 Å². The van der Waals surface area contributed by atoms with Crippen molar-refractivity contribution >= 4 is 17.9 Å². The van der Waals surface area contributed by atoms with Crippen LogP contribution in [0.2, 0.25) is 0 Å². The van der Waals surface area contributed by atoms with E-state index in [9.17, 15) is 14.4 Å². The second-order valence-corrected chi connectivity index (χ2v) is 21.7. The highest BCUT2D eigenvalue weighted by Crippen LogP contribution is 2.17. The first-order valence-electron chi connectivity index (χ1n) is 32.2. The topological polar surface area (TPSA) is 78.9 Å². The SMILES string of the molecule is CCCCCCC\C=C/C=C\C=C/CCCCCCCC(=O)OC(COC(=O)CCCCCCC/C=C\CCCCCCCCCCC)COC(=O)CCCCCCCCCCCCCCCCCCCCC. The molecular formula is C67H122O6. The van der Waals surface area contributed by atoms with Gasteiger partial charge in [-0.3, -0.25) is 14.4 Å². The van der Waals surface area contributed by atoms with E-state index in [1.165, 1.54) is 218 Å². The van der Waals surface area contributed by atoms with E-state index in [2.05, 4.69) is 69.4 Å². The highest BCUT2D eigenvalue weighted by molar-refractivity contribution is 5.71. The maximum Gasteiger partial charge on any atom is 0.306 e. The molecule has 0 aromatic carbocycles. The van der Waals surface area contributed by atoms with Crippen molar-refractivity contribution in [2.45, 2.75) is 348 Å². The summed E-state index contributed by atoms with van der Waals surface area (Å²) in [6.07, 6.45) is 76.8. The minimum absolute atomic E-state index is 0.0806. The lowest BCUT2D eigenvalue weighted by atomic mass is 10.0. The largest absolute Gasteiger partial charge is 0.462 e. The molecule has 6 heteroatoms. The molecule has 0 aliphatic carbocycles. The minimum Gasteiger partial charge on any atom is -0.462 e. The van der Waals surface area contributed by atoms with Gasteiger partial charge in [0.1, 0.15) is 13.2 Å². The zero-order valence-electron chi connectivity index (χ0n) is 48.9. The van der Waals surface area contributed by atoms with E-state index in [-0.39, 0.29) is 31.1 Å². The molecule has 0 aliphatic heterocycles. The molecule has 0 radical (unpaired) electrons. The van der Waals surface area contributed by atoms with E-state index in [1.807, 2.05) is 0 Å². The Kier molecular flexibility index (Phi) is 59.7. The van der Waals surface area contributed by atoms with Gasteiger partial charge in [-0.1, -0.05) is 301 Å². The van der Waals surface area contributed by atoms with Gasteiger partial charge in [0.05, 0.1) is 0 Å². The molecule has 0 aliphatic rings. The first kappa shape index (κ1) is 70.4. The zero-order chi connectivity index (χ0) is 52.9. The normalized spacial score (nSPS) is 12.3. The fraction of sp³-hybridized carbons (Fsp3) is 0.836. The highest BCUT2D eigenvalue weighted by atomic mass is 16.6. The second kappa shape index (κ2) is 61.9. The van der Waals surface area contributed by atoms with Gasteiger partial charge in [-0.05, 0) is 70.6 Å². The Morgan fingerprint density at radius 3 is 0.795 bits per heavy atom. The van der Waals surface area contributed by atoms with Crippen molar-refractivity contribution in [1.82, 2.24) is 0 Å². The third-order valence-corrected chi connectivity index (χ3v) is 14.4. The minimum atomic E-state index is -0.786. The Morgan fingerprint density at radius 1 is 0.274 bits per heavy atom. The number of carbonyl (C=O) groups is 3. The third-order valence-electron chi connectivity index (χ3n) is 14.4. The molecule has 0 fully saturated rings. The van der Waals surface area contributed by atoms with E-state index in [0.717, 1.165) is 83.5 Å². The predicted molar refractivity (Wildman–Crippen MR) is 316 cm³/mol. The molecule has 0 saturated heterocycles. The average molecular weight is 1020 g/mol. The molecule has 0 saturated carbocycles. The molecule has 426 valence electrons. The van der Waals surface area contributed by atoms with Gasteiger partial charge in [0, 0.05) is 19.3 Å². The number of allylic oxidation sites excluding steroid dienone is 8. The van der Waals surface area contributed by atoms with Crippen LogP contribution in [0.1, 0.15) is 342 Å². The third kappa shape index (κ3) is 60.1. The van der Waals surface area contributed by atoms with Gasteiger partial charge < -0.3 is 14.2 Å². The highest BCUT2D eigenvalue weighted by Gasteiger charge is 2.19. The number of hydrogen-bond donors (Lipinski definition) is 0. The van der Waals surface area contributed by atoms with Crippen LogP contribution in [0, 0.1) is 0 Å². The number of unbranched alkanes of at least 4 members (excludes halogenated alkanes) is 42. The van der Waals surface area contributed by atoms with Crippen LogP contribution in [0.3, 0.4) is 0 Å². The number of esters is 3. The summed E-state index contributed by atoms with van der Waals surface area (Å²) in [6.45, 7) is 6.66. The van der Waals surface area contributed by atoms with Crippen molar-refractivity contribution < 1.29 is 28.6 Å². The predicted octanol–water partition coefficient (Wildman–Crippen LogP) is 21.8. The first-order valence-corrected chi connectivity index (χ1v) is 32.2. The molecule has 0 rings (SSSR count). The first-order chi connectivity index (χ1) is 36.0. The fourth-order valence-electron chi connectivity index (χ4n) is 9.50. The molecule has 1 unspecified atom stereocenters. The van der Waals surface area contributed by atoms with E-state index in [1.54, 1.807) is 0 Å². The quantitative estimate of drug-likeness (QED) is 0.0199. The van der Waals surface area contributed by atoms with E-state index >= 15 is 0 Å². The van der Waals surface area contributed by atoms with E-state index in [0.29, 0.717) is 19.3 Å². The van der Waals surface area contributed by atoms with Crippen molar-refractivity contribution in [3.63, 3.8) is 0 Å². The van der Waals surface area contributed by atoms with Crippen LogP contribution in [-0.2, 0) is 28.6 Å². The molecule has 0 bridgehead atoms. The molecule has 0 aromatic rings. The molecule has 0 spiro atoms. The summed E-state index contributed by atoms with van der Waals surface area (Å²) in [4.78, 5) is 38.3. The number of hydrogen-bond acceptors (Lipinski definition) is 6. The Balaban J connectivity index is 4.39. The van der Waals surface area contributed by atoms with Gasteiger partial charge in [-0.2, -0.15) is 0 Å². The van der Waals surface area contributed by atoms with Crippen LogP contribution in [-0.4, -0.2) is 37.2 Å². The van der Waals surface area contributed by atoms with E-state index < -0.39 is 6.10 Å².